The average Bonchev–Trinajstić information content (AvgIpc) is 2.68. The van der Waals surface area contributed by atoms with Crippen LogP contribution in [0.25, 0.3) is 0 Å². The van der Waals surface area contributed by atoms with Crippen LogP contribution < -0.4 is 0 Å². The molecule has 0 aliphatic carbocycles. The summed E-state index contributed by atoms with van der Waals surface area (Å²) < 4.78 is 58.4. The summed E-state index contributed by atoms with van der Waals surface area (Å²) in [6.45, 7) is -0.694. The summed E-state index contributed by atoms with van der Waals surface area (Å²) in [5.74, 6) is -8.15. The molecule has 0 aromatic carbocycles. The van der Waals surface area contributed by atoms with Gasteiger partial charge in [0.25, 0.3) is 0 Å². The van der Waals surface area contributed by atoms with E-state index < -0.39 is 18.5 Å². The quantitative estimate of drug-likeness (QED) is 0.500. The minimum Gasteiger partial charge on any atom is -0.372 e. The van der Waals surface area contributed by atoms with Crippen LogP contribution in [0.3, 0.4) is 0 Å². The molecular weight excluding hydrogens is 192 g/mol. The molecule has 0 bridgehead atoms. The smallest absolute Gasteiger partial charge is 0.332 e. The van der Waals surface area contributed by atoms with Gasteiger partial charge in [-0.05, 0) is 0 Å². The van der Waals surface area contributed by atoms with Gasteiger partial charge < -0.3 is 9.47 Å². The van der Waals surface area contributed by atoms with Gasteiger partial charge in [0.05, 0.1) is 13.2 Å². The van der Waals surface area contributed by atoms with Gasteiger partial charge in [-0.25, -0.2) is 8.78 Å². The third-order valence-electron chi connectivity index (χ3n) is 1.63. The molecule has 0 spiro atoms. The monoisotopic (exact) mass is 202 g/mol. The highest BCUT2D eigenvalue weighted by Crippen LogP contribution is 2.33. The molecule has 1 unspecified atom stereocenters. The van der Waals surface area contributed by atoms with E-state index in [4.69, 9.17) is 0 Å². The Kier molecular flexibility index (Phi) is 2.82. The summed E-state index contributed by atoms with van der Waals surface area (Å²) in [5.41, 5.74) is 0. The van der Waals surface area contributed by atoms with E-state index in [9.17, 15) is 17.6 Å². The second kappa shape index (κ2) is 3.42. The molecule has 1 fully saturated rings. The van der Waals surface area contributed by atoms with E-state index in [0.29, 0.717) is 6.61 Å². The minimum atomic E-state index is -4.11. The molecule has 1 heterocycles. The summed E-state index contributed by atoms with van der Waals surface area (Å²) in [6, 6.07) is 0. The summed E-state index contributed by atoms with van der Waals surface area (Å²) in [4.78, 5) is 0. The van der Waals surface area contributed by atoms with Crippen LogP contribution >= 0.6 is 0 Å². The Labute approximate surface area is 72.8 Å². The number of ether oxygens (including phenoxy) is 2. The van der Waals surface area contributed by atoms with E-state index in [1.165, 1.54) is 0 Å². The van der Waals surface area contributed by atoms with E-state index in [1.807, 2.05) is 0 Å². The Bertz CT molecular complexity index is 174. The first-order valence-electron chi connectivity index (χ1n) is 3.78. The van der Waals surface area contributed by atoms with Crippen molar-refractivity contribution < 1.29 is 27.0 Å². The van der Waals surface area contributed by atoms with E-state index in [0.717, 1.165) is 0 Å². The Morgan fingerprint density at radius 3 is 2.31 bits per heavy atom. The fourth-order valence-corrected chi connectivity index (χ4v) is 0.610. The van der Waals surface area contributed by atoms with Crippen LogP contribution in [0, 0.1) is 0 Å². The molecule has 1 rings (SSSR count). The maximum Gasteiger partial charge on any atom is 0.332 e. The van der Waals surface area contributed by atoms with Crippen LogP contribution in [-0.4, -0.2) is 37.8 Å². The molecule has 0 N–H and O–H groups in total. The van der Waals surface area contributed by atoms with Gasteiger partial charge in [-0.2, -0.15) is 8.78 Å². The molecule has 0 radical (unpaired) electrons. The minimum absolute atomic E-state index is 0.0499. The summed E-state index contributed by atoms with van der Waals surface area (Å²) in [6.07, 6.45) is -0.193. The van der Waals surface area contributed by atoms with Crippen LogP contribution in [0.15, 0.2) is 0 Å². The first-order chi connectivity index (χ1) is 5.83. The van der Waals surface area contributed by atoms with E-state index in [1.54, 1.807) is 0 Å². The lowest BCUT2D eigenvalue weighted by Gasteiger charge is -2.22. The van der Waals surface area contributed by atoms with Crippen molar-refractivity contribution in [1.82, 2.24) is 0 Å². The molecule has 6 heteroatoms. The van der Waals surface area contributed by atoms with Crippen LogP contribution in [0.1, 0.15) is 6.92 Å². The van der Waals surface area contributed by atoms with Crippen molar-refractivity contribution in [3.63, 3.8) is 0 Å². The molecule has 0 amide bonds. The van der Waals surface area contributed by atoms with Crippen molar-refractivity contribution in [3.8, 4) is 0 Å². The predicted octanol–water partition coefficient (Wildman–Crippen LogP) is 1.69. The summed E-state index contributed by atoms with van der Waals surface area (Å²) in [7, 11) is 0. The Morgan fingerprint density at radius 1 is 1.38 bits per heavy atom. The van der Waals surface area contributed by atoms with Crippen molar-refractivity contribution in [2.24, 2.45) is 0 Å². The first-order valence-corrected chi connectivity index (χ1v) is 3.78. The fraction of sp³-hybridized carbons (Fsp3) is 1.00. The van der Waals surface area contributed by atoms with Gasteiger partial charge in [-0.1, -0.05) is 0 Å². The standard InChI is InChI=1S/C7H10F4O2/c1-6(8,9)7(10,11)4-12-2-5-3-13-5/h5H,2-4H2,1H3. The van der Waals surface area contributed by atoms with Crippen molar-refractivity contribution >= 4 is 0 Å². The second-order valence-corrected chi connectivity index (χ2v) is 3.06. The van der Waals surface area contributed by atoms with Crippen LogP contribution in [0.5, 0.6) is 0 Å². The van der Waals surface area contributed by atoms with E-state index in [-0.39, 0.29) is 19.6 Å². The number of alkyl halides is 4. The lowest BCUT2D eigenvalue weighted by molar-refractivity contribution is -0.223. The van der Waals surface area contributed by atoms with E-state index in [2.05, 4.69) is 9.47 Å². The molecule has 2 nitrogen and oxygen atoms in total. The van der Waals surface area contributed by atoms with E-state index >= 15 is 0 Å². The number of hydrogen-bond acceptors (Lipinski definition) is 2. The van der Waals surface area contributed by atoms with Crippen molar-refractivity contribution in [2.75, 3.05) is 19.8 Å². The van der Waals surface area contributed by atoms with Gasteiger partial charge >= 0.3 is 11.8 Å². The number of epoxide rings is 1. The SMILES string of the molecule is CC(F)(F)C(F)(F)COCC1CO1. The van der Waals surface area contributed by atoms with Crippen molar-refractivity contribution in [1.29, 1.82) is 0 Å². The number of hydrogen-bond donors (Lipinski definition) is 0. The zero-order valence-electron chi connectivity index (χ0n) is 7.03. The summed E-state index contributed by atoms with van der Waals surface area (Å²) >= 11 is 0. The fourth-order valence-electron chi connectivity index (χ4n) is 0.610. The second-order valence-electron chi connectivity index (χ2n) is 3.06. The lowest BCUT2D eigenvalue weighted by atomic mass is 10.2. The molecule has 0 saturated carbocycles. The molecule has 0 aromatic heterocycles. The molecule has 78 valence electrons. The normalized spacial score (nSPS) is 23.3. The highest BCUT2D eigenvalue weighted by Gasteiger charge is 2.52. The lowest BCUT2D eigenvalue weighted by Crippen LogP contribution is -2.42. The zero-order chi connectivity index (χ0) is 10.1. The molecule has 1 saturated heterocycles. The molecule has 1 atom stereocenters. The van der Waals surface area contributed by atoms with Gasteiger partial charge in [0.15, 0.2) is 0 Å². The topological polar surface area (TPSA) is 21.8 Å². The van der Waals surface area contributed by atoms with Gasteiger partial charge in [0.2, 0.25) is 0 Å². The van der Waals surface area contributed by atoms with Crippen molar-refractivity contribution in [3.05, 3.63) is 0 Å². The Morgan fingerprint density at radius 2 is 1.92 bits per heavy atom. The predicted molar refractivity (Wildman–Crippen MR) is 36.1 cm³/mol. The largest absolute Gasteiger partial charge is 0.372 e. The zero-order valence-corrected chi connectivity index (χ0v) is 7.03. The van der Waals surface area contributed by atoms with Crippen molar-refractivity contribution in [2.45, 2.75) is 24.9 Å². The van der Waals surface area contributed by atoms with Gasteiger partial charge in [-0.3, -0.25) is 0 Å². The number of rotatable bonds is 5. The van der Waals surface area contributed by atoms with Gasteiger partial charge in [0, 0.05) is 6.92 Å². The third kappa shape index (κ3) is 3.11. The van der Waals surface area contributed by atoms with Crippen LogP contribution in [-0.2, 0) is 9.47 Å². The first kappa shape index (κ1) is 10.7. The Hall–Kier alpha value is -0.360. The molecular formula is C7H10F4O2. The van der Waals surface area contributed by atoms with Gasteiger partial charge in [0.1, 0.15) is 12.7 Å². The number of halogens is 4. The van der Waals surface area contributed by atoms with Gasteiger partial charge in [-0.15, -0.1) is 0 Å². The molecule has 0 aromatic rings. The highest BCUT2D eigenvalue weighted by atomic mass is 19.3. The van der Waals surface area contributed by atoms with Crippen LogP contribution in [0.2, 0.25) is 0 Å². The molecule has 1 aliphatic rings. The third-order valence-corrected chi connectivity index (χ3v) is 1.63. The highest BCUT2D eigenvalue weighted by molar-refractivity contribution is 4.80. The summed E-state index contributed by atoms with van der Waals surface area (Å²) in [5, 5.41) is 0. The Balaban J connectivity index is 2.23. The molecule has 1 aliphatic heterocycles. The molecule has 13 heavy (non-hydrogen) atoms. The average molecular weight is 202 g/mol. The maximum absolute atomic E-state index is 12.5. The maximum atomic E-state index is 12.5. The van der Waals surface area contributed by atoms with Crippen LogP contribution in [0.4, 0.5) is 17.6 Å².